The molecule has 14 heavy (non-hydrogen) atoms. The lowest BCUT2D eigenvalue weighted by molar-refractivity contribution is -0.243. The van der Waals surface area contributed by atoms with E-state index >= 15 is 0 Å². The highest BCUT2D eigenvalue weighted by atomic mass is 19.4. The first kappa shape index (κ1) is 11.3. The third-order valence-corrected chi connectivity index (χ3v) is 2.72. The molecule has 1 fully saturated rings. The Morgan fingerprint density at radius 2 is 2.00 bits per heavy atom. The Hall–Kier alpha value is -0.740. The Morgan fingerprint density at radius 1 is 1.43 bits per heavy atom. The van der Waals surface area contributed by atoms with E-state index in [2.05, 4.69) is 5.32 Å². The molecule has 1 saturated carbocycles. The van der Waals surface area contributed by atoms with Crippen molar-refractivity contribution in [2.45, 2.75) is 38.8 Å². The first-order valence-corrected chi connectivity index (χ1v) is 4.79. The zero-order valence-corrected chi connectivity index (χ0v) is 8.08. The quantitative estimate of drug-likeness (QED) is 0.758. The van der Waals surface area contributed by atoms with Crippen LogP contribution in [0, 0.1) is 5.41 Å². The van der Waals surface area contributed by atoms with Gasteiger partial charge in [-0.05, 0) is 19.3 Å². The van der Waals surface area contributed by atoms with Crippen LogP contribution in [-0.4, -0.2) is 18.6 Å². The second-order valence-corrected chi connectivity index (χ2v) is 3.69. The van der Waals surface area contributed by atoms with Crippen molar-refractivity contribution < 1.29 is 18.0 Å². The number of nitrogens with one attached hydrogen (secondary N) is 1. The molecule has 0 aliphatic heterocycles. The zero-order valence-electron chi connectivity index (χ0n) is 8.08. The largest absolute Gasteiger partial charge is 0.403 e. The van der Waals surface area contributed by atoms with Gasteiger partial charge < -0.3 is 5.32 Å². The van der Waals surface area contributed by atoms with Gasteiger partial charge in [-0.2, -0.15) is 13.2 Å². The number of amides is 1. The summed E-state index contributed by atoms with van der Waals surface area (Å²) in [5, 5.41) is 2.32. The van der Waals surface area contributed by atoms with Gasteiger partial charge in [0.05, 0.1) is 0 Å². The van der Waals surface area contributed by atoms with Gasteiger partial charge in [0.25, 0.3) is 0 Å². The highest BCUT2D eigenvalue weighted by Gasteiger charge is 2.63. The van der Waals surface area contributed by atoms with Gasteiger partial charge in [-0.1, -0.05) is 13.3 Å². The minimum atomic E-state index is -4.40. The molecule has 0 atom stereocenters. The number of halogens is 3. The second kappa shape index (κ2) is 3.79. The summed E-state index contributed by atoms with van der Waals surface area (Å²) in [6.07, 6.45) is -3.39. The van der Waals surface area contributed by atoms with Gasteiger partial charge in [-0.15, -0.1) is 0 Å². The van der Waals surface area contributed by atoms with Crippen LogP contribution in [0.4, 0.5) is 13.2 Å². The fourth-order valence-electron chi connectivity index (χ4n) is 1.58. The standard InChI is InChI=1S/C9H14F3NO/c1-2-6-13-7(14)8(4-3-5-8)9(10,11)12/h2-6H2,1H3,(H,13,14). The molecule has 0 aromatic carbocycles. The minimum absolute atomic E-state index is 0.0634. The van der Waals surface area contributed by atoms with Crippen LogP contribution in [0.3, 0.4) is 0 Å². The Bertz CT molecular complexity index is 221. The first-order valence-electron chi connectivity index (χ1n) is 4.79. The van der Waals surface area contributed by atoms with E-state index in [-0.39, 0.29) is 12.8 Å². The van der Waals surface area contributed by atoms with Crippen LogP contribution < -0.4 is 5.32 Å². The first-order chi connectivity index (χ1) is 6.44. The number of alkyl halides is 3. The van der Waals surface area contributed by atoms with Gasteiger partial charge in [0, 0.05) is 6.54 Å². The van der Waals surface area contributed by atoms with E-state index in [1.54, 1.807) is 6.92 Å². The lowest BCUT2D eigenvalue weighted by Crippen LogP contribution is -2.55. The molecule has 1 aliphatic rings. The van der Waals surface area contributed by atoms with Crippen molar-refractivity contribution in [1.82, 2.24) is 5.32 Å². The summed E-state index contributed by atoms with van der Waals surface area (Å²) in [4.78, 5) is 11.3. The van der Waals surface area contributed by atoms with Crippen molar-refractivity contribution in [2.75, 3.05) is 6.54 Å². The van der Waals surface area contributed by atoms with Crippen molar-refractivity contribution >= 4 is 5.91 Å². The van der Waals surface area contributed by atoms with Crippen molar-refractivity contribution in [3.63, 3.8) is 0 Å². The molecule has 1 N–H and O–H groups in total. The fourth-order valence-corrected chi connectivity index (χ4v) is 1.58. The van der Waals surface area contributed by atoms with Gasteiger partial charge in [-0.3, -0.25) is 4.79 Å². The molecule has 0 aromatic heterocycles. The van der Waals surface area contributed by atoms with Crippen LogP contribution in [0.1, 0.15) is 32.6 Å². The summed E-state index contributed by atoms with van der Waals surface area (Å²) in [7, 11) is 0. The van der Waals surface area contributed by atoms with E-state index in [9.17, 15) is 18.0 Å². The Morgan fingerprint density at radius 3 is 2.29 bits per heavy atom. The summed E-state index contributed by atoms with van der Waals surface area (Å²) < 4.78 is 37.7. The predicted molar refractivity (Wildman–Crippen MR) is 45.6 cm³/mol. The number of carbonyl (C=O) groups excluding carboxylic acids is 1. The van der Waals surface area contributed by atoms with Crippen LogP contribution in [0.5, 0.6) is 0 Å². The average Bonchev–Trinajstić information content (AvgIpc) is 1.95. The van der Waals surface area contributed by atoms with Crippen molar-refractivity contribution in [1.29, 1.82) is 0 Å². The topological polar surface area (TPSA) is 29.1 Å². The predicted octanol–water partition coefficient (Wildman–Crippen LogP) is 2.25. The van der Waals surface area contributed by atoms with Gasteiger partial charge >= 0.3 is 6.18 Å². The zero-order chi connectivity index (χ0) is 10.8. The van der Waals surface area contributed by atoms with Crippen LogP contribution in [-0.2, 0) is 4.79 Å². The monoisotopic (exact) mass is 209 g/mol. The summed E-state index contributed by atoms with van der Waals surface area (Å²) in [5.41, 5.74) is -2.08. The van der Waals surface area contributed by atoms with Gasteiger partial charge in [0.2, 0.25) is 5.91 Å². The van der Waals surface area contributed by atoms with Crippen LogP contribution in [0.15, 0.2) is 0 Å². The third kappa shape index (κ3) is 1.72. The van der Waals surface area contributed by atoms with Crippen LogP contribution in [0.25, 0.3) is 0 Å². The Kier molecular flexibility index (Phi) is 3.07. The van der Waals surface area contributed by atoms with Crippen LogP contribution in [0.2, 0.25) is 0 Å². The third-order valence-electron chi connectivity index (χ3n) is 2.72. The number of hydrogen-bond donors (Lipinski definition) is 1. The second-order valence-electron chi connectivity index (χ2n) is 3.69. The average molecular weight is 209 g/mol. The highest BCUT2D eigenvalue weighted by molar-refractivity contribution is 5.84. The summed E-state index contributed by atoms with van der Waals surface area (Å²) in [5.74, 6) is -0.849. The fraction of sp³-hybridized carbons (Fsp3) is 0.889. The molecule has 1 aliphatic carbocycles. The maximum absolute atomic E-state index is 12.6. The minimum Gasteiger partial charge on any atom is -0.355 e. The maximum atomic E-state index is 12.6. The van der Waals surface area contributed by atoms with Gasteiger partial charge in [0.1, 0.15) is 5.41 Å². The molecule has 2 nitrogen and oxygen atoms in total. The number of rotatable bonds is 3. The molecule has 0 radical (unpaired) electrons. The van der Waals surface area contributed by atoms with E-state index in [0.717, 1.165) is 0 Å². The van der Waals surface area contributed by atoms with Crippen molar-refractivity contribution in [3.8, 4) is 0 Å². The maximum Gasteiger partial charge on any atom is 0.403 e. The molecule has 82 valence electrons. The molecule has 0 spiro atoms. The summed E-state index contributed by atoms with van der Waals surface area (Å²) in [6.45, 7) is 2.12. The number of carbonyl (C=O) groups is 1. The lowest BCUT2D eigenvalue weighted by atomic mass is 9.67. The van der Waals surface area contributed by atoms with Crippen molar-refractivity contribution in [3.05, 3.63) is 0 Å². The van der Waals surface area contributed by atoms with E-state index in [4.69, 9.17) is 0 Å². The number of hydrogen-bond acceptors (Lipinski definition) is 1. The van der Waals surface area contributed by atoms with Crippen LogP contribution >= 0.6 is 0 Å². The molecule has 1 amide bonds. The van der Waals surface area contributed by atoms with Crippen molar-refractivity contribution in [2.24, 2.45) is 5.41 Å². The Balaban J connectivity index is 2.66. The molecule has 0 saturated heterocycles. The van der Waals surface area contributed by atoms with E-state index in [1.165, 1.54) is 0 Å². The van der Waals surface area contributed by atoms with E-state index < -0.39 is 17.5 Å². The Labute approximate surface area is 80.9 Å². The molecule has 0 aromatic rings. The van der Waals surface area contributed by atoms with Gasteiger partial charge in [0.15, 0.2) is 0 Å². The normalized spacial score (nSPS) is 20.0. The molecule has 1 rings (SSSR count). The molecular weight excluding hydrogens is 195 g/mol. The molecule has 0 unspecified atom stereocenters. The van der Waals surface area contributed by atoms with E-state index in [0.29, 0.717) is 19.4 Å². The lowest BCUT2D eigenvalue weighted by Gasteiger charge is -2.41. The van der Waals surface area contributed by atoms with E-state index in [1.807, 2.05) is 0 Å². The molecular formula is C9H14F3NO. The smallest absolute Gasteiger partial charge is 0.355 e. The summed E-state index contributed by atoms with van der Waals surface area (Å²) >= 11 is 0. The SMILES string of the molecule is CCCNC(=O)C1(C(F)(F)F)CCC1. The highest BCUT2D eigenvalue weighted by Crippen LogP contribution is 2.53. The van der Waals surface area contributed by atoms with Gasteiger partial charge in [-0.25, -0.2) is 0 Å². The summed E-state index contributed by atoms with van der Waals surface area (Å²) in [6, 6.07) is 0. The molecule has 5 heteroatoms. The molecule has 0 heterocycles. The molecule has 0 bridgehead atoms.